The molecule has 0 unspecified atom stereocenters. The molecule has 2 aromatic heterocycles. The second-order valence-corrected chi connectivity index (χ2v) is 9.45. The van der Waals surface area contributed by atoms with E-state index in [1.54, 1.807) is 0 Å². The first kappa shape index (κ1) is 21.1. The number of hydrogen-bond donors (Lipinski definition) is 2. The summed E-state index contributed by atoms with van der Waals surface area (Å²) in [5, 5.41) is 16.0. The molecule has 1 aliphatic rings. The van der Waals surface area contributed by atoms with Crippen molar-refractivity contribution in [2.45, 2.75) is 36.8 Å². The number of aromatic nitrogens is 3. The number of nitrogens with one attached hydrogen (secondary N) is 1. The smallest absolute Gasteiger partial charge is 0.433 e. The number of sulfone groups is 1. The molecule has 0 spiro atoms. The van der Waals surface area contributed by atoms with Crippen molar-refractivity contribution in [2.75, 3.05) is 11.1 Å². The first-order valence-electron chi connectivity index (χ1n) is 9.34. The van der Waals surface area contributed by atoms with Crippen molar-refractivity contribution in [2.24, 2.45) is 0 Å². The van der Waals surface area contributed by atoms with Crippen LogP contribution < -0.4 is 5.32 Å². The zero-order valence-corrected chi connectivity index (χ0v) is 17.0. The maximum absolute atomic E-state index is 13.5. The Balaban J connectivity index is 1.71. The van der Waals surface area contributed by atoms with E-state index < -0.39 is 33.4 Å². The van der Waals surface area contributed by atoms with Gasteiger partial charge in [-0.05, 0) is 37.1 Å². The third-order valence-electron chi connectivity index (χ3n) is 4.92. The van der Waals surface area contributed by atoms with E-state index in [2.05, 4.69) is 15.4 Å². The molecule has 0 bridgehead atoms. The van der Waals surface area contributed by atoms with Crippen LogP contribution in [0.2, 0.25) is 0 Å². The molecule has 2 heterocycles. The molecule has 2 N–H and O–H groups in total. The number of benzene rings is 1. The minimum atomic E-state index is -4.70. The van der Waals surface area contributed by atoms with Gasteiger partial charge in [-0.1, -0.05) is 6.92 Å². The minimum absolute atomic E-state index is 0.0431. The highest BCUT2D eigenvalue weighted by atomic mass is 32.2. The summed E-state index contributed by atoms with van der Waals surface area (Å²) in [5.74, 6) is -1.56. The van der Waals surface area contributed by atoms with Crippen molar-refractivity contribution >= 4 is 27.1 Å². The number of rotatable bonds is 5. The first-order valence-corrected chi connectivity index (χ1v) is 11.0. The molecule has 1 aliphatic carbocycles. The fraction of sp³-hybridized carbons (Fsp3) is 0.316. The number of hydrogen-bond acceptors (Lipinski definition) is 6. The van der Waals surface area contributed by atoms with Crippen LogP contribution >= 0.6 is 0 Å². The molecule has 4 rings (SSSR count). The zero-order valence-electron chi connectivity index (χ0n) is 16.1. The van der Waals surface area contributed by atoms with E-state index in [0.29, 0.717) is 10.2 Å². The summed E-state index contributed by atoms with van der Waals surface area (Å²) in [6, 6.07) is 5.41. The van der Waals surface area contributed by atoms with E-state index in [-0.39, 0.29) is 33.6 Å². The minimum Gasteiger partial charge on any atom is -0.506 e. The van der Waals surface area contributed by atoms with Gasteiger partial charge in [0.1, 0.15) is 11.4 Å². The molecule has 1 amide bonds. The van der Waals surface area contributed by atoms with Crippen molar-refractivity contribution in [3.63, 3.8) is 0 Å². The molecule has 0 radical (unpaired) electrons. The summed E-state index contributed by atoms with van der Waals surface area (Å²) in [7, 11) is -3.60. The van der Waals surface area contributed by atoms with Crippen LogP contribution in [0, 0.1) is 0 Å². The molecule has 8 nitrogen and oxygen atoms in total. The zero-order chi connectivity index (χ0) is 22.6. The molecule has 3 aromatic rings. The van der Waals surface area contributed by atoms with Gasteiger partial charge < -0.3 is 10.4 Å². The van der Waals surface area contributed by atoms with E-state index in [1.165, 1.54) is 13.0 Å². The summed E-state index contributed by atoms with van der Waals surface area (Å²) >= 11 is 0. The van der Waals surface area contributed by atoms with E-state index >= 15 is 0 Å². The molecule has 164 valence electrons. The van der Waals surface area contributed by atoms with Gasteiger partial charge in [-0.2, -0.15) is 18.3 Å². The van der Waals surface area contributed by atoms with E-state index in [0.717, 1.165) is 37.1 Å². The van der Waals surface area contributed by atoms with Crippen LogP contribution in [0.5, 0.6) is 5.75 Å². The Bertz CT molecular complexity index is 1300. The van der Waals surface area contributed by atoms with E-state index in [4.69, 9.17) is 0 Å². The number of alkyl halides is 3. The molecular formula is C19H17F3N4O4S. The fourth-order valence-corrected chi connectivity index (χ4v) is 3.96. The van der Waals surface area contributed by atoms with Crippen molar-refractivity contribution in [1.29, 1.82) is 0 Å². The quantitative estimate of drug-likeness (QED) is 0.572. The summed E-state index contributed by atoms with van der Waals surface area (Å²) in [6.07, 6.45) is -3.21. The van der Waals surface area contributed by atoms with Crippen LogP contribution in [0.3, 0.4) is 0 Å². The maximum Gasteiger partial charge on any atom is 0.433 e. The average Bonchev–Trinajstić information content (AvgIpc) is 3.46. The average molecular weight is 454 g/mol. The number of carbonyl (C=O) groups excluding carboxylic acids is 1. The molecule has 1 fully saturated rings. The van der Waals surface area contributed by atoms with Gasteiger partial charge in [0.05, 0.1) is 16.3 Å². The highest BCUT2D eigenvalue weighted by Crippen LogP contribution is 2.41. The van der Waals surface area contributed by atoms with Crippen molar-refractivity contribution in [3.05, 3.63) is 47.4 Å². The predicted octanol–water partition coefficient (Wildman–Crippen LogP) is 3.38. The lowest BCUT2D eigenvalue weighted by molar-refractivity contribution is -0.142. The Morgan fingerprint density at radius 3 is 2.58 bits per heavy atom. The molecule has 1 saturated carbocycles. The lowest BCUT2D eigenvalue weighted by Crippen LogP contribution is -2.16. The Hall–Kier alpha value is -3.15. The van der Waals surface area contributed by atoms with Crippen LogP contribution in [0.15, 0.2) is 35.2 Å². The Morgan fingerprint density at radius 2 is 1.97 bits per heavy atom. The van der Waals surface area contributed by atoms with Crippen LogP contribution in [0.25, 0.3) is 5.65 Å². The first-order chi connectivity index (χ1) is 14.5. The van der Waals surface area contributed by atoms with Gasteiger partial charge >= 0.3 is 6.18 Å². The molecule has 12 heteroatoms. The van der Waals surface area contributed by atoms with Crippen molar-refractivity contribution in [1.82, 2.24) is 14.6 Å². The van der Waals surface area contributed by atoms with Gasteiger partial charge in [-0.3, -0.25) is 4.79 Å². The van der Waals surface area contributed by atoms with Crippen LogP contribution in [0.4, 0.5) is 18.9 Å². The number of phenols is 1. The number of fused-ring (bicyclic) bond motifs is 1. The maximum atomic E-state index is 13.5. The number of anilines is 1. The lowest BCUT2D eigenvalue weighted by atomic mass is 10.2. The van der Waals surface area contributed by atoms with Gasteiger partial charge in [0.25, 0.3) is 5.91 Å². The molecule has 31 heavy (non-hydrogen) atoms. The summed E-state index contributed by atoms with van der Waals surface area (Å²) in [4.78, 5) is 16.7. The molecule has 1 aromatic carbocycles. The highest BCUT2D eigenvalue weighted by molar-refractivity contribution is 7.91. The highest BCUT2D eigenvalue weighted by Gasteiger charge is 2.37. The van der Waals surface area contributed by atoms with Crippen molar-refractivity contribution < 1.29 is 31.5 Å². The summed E-state index contributed by atoms with van der Waals surface area (Å²) in [6.45, 7) is 1.44. The topological polar surface area (TPSA) is 114 Å². The second kappa shape index (κ2) is 7.22. The van der Waals surface area contributed by atoms with E-state index in [1.807, 2.05) is 0 Å². The fourth-order valence-electron chi connectivity index (χ4n) is 3.06. The monoisotopic (exact) mass is 454 g/mol. The number of carbonyl (C=O) groups is 1. The Morgan fingerprint density at radius 1 is 1.26 bits per heavy atom. The third kappa shape index (κ3) is 4.07. The molecule has 0 saturated heterocycles. The largest absolute Gasteiger partial charge is 0.506 e. The molecular weight excluding hydrogens is 437 g/mol. The van der Waals surface area contributed by atoms with Gasteiger partial charge in [0.2, 0.25) is 0 Å². The van der Waals surface area contributed by atoms with E-state index in [9.17, 15) is 31.5 Å². The van der Waals surface area contributed by atoms with Gasteiger partial charge in [-0.15, -0.1) is 0 Å². The predicted molar refractivity (Wildman–Crippen MR) is 104 cm³/mol. The number of nitrogens with zero attached hydrogens (tertiary/aromatic N) is 3. The van der Waals surface area contributed by atoms with Crippen LogP contribution in [0.1, 0.15) is 47.6 Å². The normalized spacial score (nSPS) is 14.7. The van der Waals surface area contributed by atoms with Crippen LogP contribution in [-0.4, -0.2) is 39.8 Å². The van der Waals surface area contributed by atoms with Gasteiger partial charge in [0, 0.05) is 17.7 Å². The molecule has 0 aliphatic heterocycles. The third-order valence-corrected chi connectivity index (χ3v) is 6.65. The Labute approximate surface area is 174 Å². The second-order valence-electron chi connectivity index (χ2n) is 7.17. The number of halogens is 3. The van der Waals surface area contributed by atoms with Gasteiger partial charge in [0.15, 0.2) is 21.2 Å². The SMILES string of the molecule is CCS(=O)(=O)c1ccc(O)c(NC(=O)c2cc3nc(C4CC4)cc(C(F)(F)F)n3n2)c1. The lowest BCUT2D eigenvalue weighted by Gasteiger charge is -2.10. The number of amides is 1. The van der Waals surface area contributed by atoms with Crippen molar-refractivity contribution in [3.8, 4) is 5.75 Å². The Kier molecular flexibility index (Phi) is 4.91. The number of aromatic hydroxyl groups is 1. The van der Waals surface area contributed by atoms with Crippen LogP contribution in [-0.2, 0) is 16.0 Å². The van der Waals surface area contributed by atoms with Gasteiger partial charge in [-0.25, -0.2) is 17.9 Å². The summed E-state index contributed by atoms with van der Waals surface area (Å²) in [5.41, 5.74) is -1.46. The standard InChI is InChI=1S/C19H17F3N4O4S/c1-2-31(29,30)11-5-6-15(27)13(7-11)24-18(28)14-9-17-23-12(10-3-4-10)8-16(19(20,21)22)26(17)25-14/h5-10,27H,2-4H2,1H3,(H,24,28). The number of phenolic OH excluding ortho intramolecular Hbond substituents is 1. The molecule has 0 atom stereocenters. The summed E-state index contributed by atoms with van der Waals surface area (Å²) < 4.78 is 65.1.